The minimum Gasteiger partial charge on any atom is -0.345 e. The average Bonchev–Trinajstić information content (AvgIpc) is 2.69. The molecule has 0 amide bonds. The molecule has 84 valence electrons. The maximum atomic E-state index is 4.70. The van der Waals surface area contributed by atoms with Crippen LogP contribution >= 0.6 is 0 Å². The summed E-state index contributed by atoms with van der Waals surface area (Å²) in [5.41, 5.74) is 2.92. The molecule has 3 heteroatoms. The van der Waals surface area contributed by atoms with Crippen LogP contribution in [0.25, 0.3) is 0 Å². The molecule has 1 aromatic heterocycles. The molecule has 15 heavy (non-hydrogen) atoms. The SMILES string of the molecule is CCCNCc1nc2c([nH]1)CCC2(C)C. The standard InChI is InChI=1S/C12H21N3/c1-4-7-13-8-10-14-9-5-6-12(2,3)11(9)15-10/h13H,4-8H2,1-3H3,(H,14,15). The lowest BCUT2D eigenvalue weighted by atomic mass is 9.91. The van der Waals surface area contributed by atoms with E-state index in [1.807, 2.05) is 0 Å². The summed E-state index contributed by atoms with van der Waals surface area (Å²) in [7, 11) is 0. The van der Waals surface area contributed by atoms with Gasteiger partial charge in [0.2, 0.25) is 0 Å². The van der Waals surface area contributed by atoms with Crippen LogP contribution in [-0.2, 0) is 18.4 Å². The zero-order valence-electron chi connectivity index (χ0n) is 9.98. The van der Waals surface area contributed by atoms with Crippen LogP contribution in [0.4, 0.5) is 0 Å². The summed E-state index contributed by atoms with van der Waals surface area (Å²) >= 11 is 0. The van der Waals surface area contributed by atoms with Crippen molar-refractivity contribution < 1.29 is 0 Å². The van der Waals surface area contributed by atoms with Crippen LogP contribution in [0.3, 0.4) is 0 Å². The van der Waals surface area contributed by atoms with E-state index >= 15 is 0 Å². The third kappa shape index (κ3) is 2.07. The monoisotopic (exact) mass is 207 g/mol. The van der Waals surface area contributed by atoms with Crippen LogP contribution in [0, 0.1) is 0 Å². The van der Waals surface area contributed by atoms with Crippen molar-refractivity contribution in [2.45, 2.75) is 52.0 Å². The highest BCUT2D eigenvalue weighted by Gasteiger charge is 2.33. The summed E-state index contributed by atoms with van der Waals surface area (Å²) in [4.78, 5) is 8.13. The molecule has 1 aliphatic carbocycles. The number of nitrogens with zero attached hydrogens (tertiary/aromatic N) is 1. The fourth-order valence-corrected chi connectivity index (χ4v) is 2.23. The van der Waals surface area contributed by atoms with Gasteiger partial charge in [0.1, 0.15) is 5.82 Å². The maximum absolute atomic E-state index is 4.70. The Labute approximate surface area is 91.7 Å². The van der Waals surface area contributed by atoms with Crippen LogP contribution < -0.4 is 5.32 Å². The molecule has 0 aromatic carbocycles. The maximum Gasteiger partial charge on any atom is 0.120 e. The van der Waals surface area contributed by atoms with Crippen LogP contribution in [0.2, 0.25) is 0 Å². The van der Waals surface area contributed by atoms with Gasteiger partial charge in [-0.3, -0.25) is 0 Å². The molecule has 1 aliphatic rings. The zero-order valence-corrected chi connectivity index (χ0v) is 9.98. The molecule has 0 unspecified atom stereocenters. The Bertz CT molecular complexity index is 339. The number of rotatable bonds is 4. The molecule has 0 aliphatic heterocycles. The van der Waals surface area contributed by atoms with Crippen molar-refractivity contribution in [1.29, 1.82) is 0 Å². The Kier molecular flexibility index (Phi) is 2.83. The predicted octanol–water partition coefficient (Wildman–Crippen LogP) is 2.13. The van der Waals surface area contributed by atoms with Crippen LogP contribution in [0.5, 0.6) is 0 Å². The number of hydrogen-bond donors (Lipinski definition) is 2. The van der Waals surface area contributed by atoms with Crippen molar-refractivity contribution in [3.8, 4) is 0 Å². The second-order valence-electron chi connectivity index (χ2n) is 5.07. The van der Waals surface area contributed by atoms with Gasteiger partial charge in [0.15, 0.2) is 0 Å². The minimum absolute atomic E-state index is 0.273. The van der Waals surface area contributed by atoms with Gasteiger partial charge in [-0.15, -0.1) is 0 Å². The van der Waals surface area contributed by atoms with Gasteiger partial charge in [-0.2, -0.15) is 0 Å². The molecular weight excluding hydrogens is 186 g/mol. The Balaban J connectivity index is 2.05. The lowest BCUT2D eigenvalue weighted by Gasteiger charge is -2.15. The second-order valence-corrected chi connectivity index (χ2v) is 5.07. The lowest BCUT2D eigenvalue weighted by molar-refractivity contribution is 0.505. The third-order valence-corrected chi connectivity index (χ3v) is 3.19. The van der Waals surface area contributed by atoms with Crippen molar-refractivity contribution in [3.63, 3.8) is 0 Å². The zero-order chi connectivity index (χ0) is 10.9. The molecule has 0 atom stereocenters. The van der Waals surface area contributed by atoms with E-state index in [1.54, 1.807) is 0 Å². The van der Waals surface area contributed by atoms with Crippen molar-refractivity contribution >= 4 is 0 Å². The quantitative estimate of drug-likeness (QED) is 0.743. The highest BCUT2D eigenvalue weighted by molar-refractivity contribution is 5.28. The molecule has 1 heterocycles. The Morgan fingerprint density at radius 2 is 2.27 bits per heavy atom. The summed E-state index contributed by atoms with van der Waals surface area (Å²) in [5, 5.41) is 3.37. The third-order valence-electron chi connectivity index (χ3n) is 3.19. The summed E-state index contributed by atoms with van der Waals surface area (Å²) in [6.45, 7) is 8.68. The van der Waals surface area contributed by atoms with Gasteiger partial charge >= 0.3 is 0 Å². The highest BCUT2D eigenvalue weighted by Crippen LogP contribution is 2.36. The van der Waals surface area contributed by atoms with Crippen LogP contribution in [0.15, 0.2) is 0 Å². The van der Waals surface area contributed by atoms with Crippen molar-refractivity contribution in [1.82, 2.24) is 15.3 Å². The lowest BCUT2D eigenvalue weighted by Crippen LogP contribution is -2.16. The van der Waals surface area contributed by atoms with E-state index in [2.05, 4.69) is 31.1 Å². The smallest absolute Gasteiger partial charge is 0.120 e. The normalized spacial score (nSPS) is 18.1. The van der Waals surface area contributed by atoms with Gasteiger partial charge in [-0.1, -0.05) is 20.8 Å². The Morgan fingerprint density at radius 1 is 1.47 bits per heavy atom. The molecule has 3 nitrogen and oxygen atoms in total. The number of hydrogen-bond acceptors (Lipinski definition) is 2. The first-order valence-corrected chi connectivity index (χ1v) is 5.92. The molecule has 0 spiro atoms. The van der Waals surface area contributed by atoms with Crippen molar-refractivity contribution in [2.24, 2.45) is 0 Å². The van der Waals surface area contributed by atoms with Crippen LogP contribution in [-0.4, -0.2) is 16.5 Å². The molecule has 0 fully saturated rings. The molecule has 2 rings (SSSR count). The summed E-state index contributed by atoms with van der Waals surface area (Å²) in [6, 6.07) is 0. The van der Waals surface area contributed by atoms with E-state index in [9.17, 15) is 0 Å². The van der Waals surface area contributed by atoms with E-state index in [1.165, 1.54) is 24.2 Å². The van der Waals surface area contributed by atoms with E-state index in [0.29, 0.717) is 0 Å². The van der Waals surface area contributed by atoms with E-state index in [-0.39, 0.29) is 5.41 Å². The van der Waals surface area contributed by atoms with E-state index in [4.69, 9.17) is 4.98 Å². The second kappa shape index (κ2) is 3.97. The van der Waals surface area contributed by atoms with Gasteiger partial charge < -0.3 is 10.3 Å². The number of nitrogens with one attached hydrogen (secondary N) is 2. The van der Waals surface area contributed by atoms with Gasteiger partial charge in [0.25, 0.3) is 0 Å². The number of aromatic amines is 1. The molecule has 1 aromatic rings. The summed E-state index contributed by atoms with van der Waals surface area (Å²) < 4.78 is 0. The summed E-state index contributed by atoms with van der Waals surface area (Å²) in [5.74, 6) is 1.10. The molecule has 2 N–H and O–H groups in total. The number of aromatic nitrogens is 2. The molecule has 0 saturated heterocycles. The predicted molar refractivity (Wildman–Crippen MR) is 61.9 cm³/mol. The molecule has 0 bridgehead atoms. The van der Waals surface area contributed by atoms with Gasteiger partial charge in [-0.05, 0) is 25.8 Å². The Hall–Kier alpha value is -0.830. The number of imidazole rings is 1. The van der Waals surface area contributed by atoms with Gasteiger partial charge in [-0.25, -0.2) is 4.98 Å². The van der Waals surface area contributed by atoms with Crippen LogP contribution in [0.1, 0.15) is 50.8 Å². The van der Waals surface area contributed by atoms with E-state index < -0.39 is 0 Å². The van der Waals surface area contributed by atoms with Gasteiger partial charge in [0.05, 0.1) is 12.2 Å². The average molecular weight is 207 g/mol. The molecular formula is C12H21N3. The van der Waals surface area contributed by atoms with Crippen molar-refractivity contribution in [2.75, 3.05) is 6.54 Å². The fourth-order valence-electron chi connectivity index (χ4n) is 2.23. The topological polar surface area (TPSA) is 40.7 Å². The minimum atomic E-state index is 0.273. The Morgan fingerprint density at radius 3 is 2.93 bits per heavy atom. The first-order valence-electron chi connectivity index (χ1n) is 5.92. The summed E-state index contributed by atoms with van der Waals surface area (Å²) in [6.07, 6.45) is 3.55. The first kappa shape index (κ1) is 10.7. The fraction of sp³-hybridized carbons (Fsp3) is 0.750. The first-order chi connectivity index (χ1) is 7.13. The number of H-pyrrole nitrogens is 1. The molecule has 0 radical (unpaired) electrons. The van der Waals surface area contributed by atoms with E-state index in [0.717, 1.165) is 25.3 Å². The number of fused-ring (bicyclic) bond motifs is 1. The molecule has 0 saturated carbocycles. The number of aryl methyl sites for hydroxylation is 1. The highest BCUT2D eigenvalue weighted by atomic mass is 15.0. The van der Waals surface area contributed by atoms with Gasteiger partial charge in [0, 0.05) is 11.1 Å². The largest absolute Gasteiger partial charge is 0.345 e. The van der Waals surface area contributed by atoms with Crippen molar-refractivity contribution in [3.05, 3.63) is 17.2 Å².